The van der Waals surface area contributed by atoms with Gasteiger partial charge in [0.05, 0.1) is 18.0 Å². The summed E-state index contributed by atoms with van der Waals surface area (Å²) in [5.74, 6) is 1.30. The minimum absolute atomic E-state index is 0.308. The molecule has 1 aromatic heterocycles. The van der Waals surface area contributed by atoms with Crippen LogP contribution in [0.4, 0.5) is 11.5 Å². The van der Waals surface area contributed by atoms with Crippen molar-refractivity contribution in [2.75, 3.05) is 5.32 Å². The van der Waals surface area contributed by atoms with E-state index in [4.69, 9.17) is 9.47 Å². The lowest BCUT2D eigenvalue weighted by Crippen LogP contribution is -1.99. The van der Waals surface area contributed by atoms with Gasteiger partial charge in [-0.3, -0.25) is 4.98 Å². The van der Waals surface area contributed by atoms with Gasteiger partial charge < -0.3 is 14.8 Å². The Labute approximate surface area is 160 Å². The molecule has 1 aliphatic rings. The largest absolute Gasteiger partial charge is 0.457 e. The van der Waals surface area contributed by atoms with Gasteiger partial charge in [0.15, 0.2) is 5.82 Å². The van der Waals surface area contributed by atoms with Gasteiger partial charge in [-0.25, -0.2) is 4.79 Å². The maximum atomic E-state index is 11.7. The summed E-state index contributed by atoms with van der Waals surface area (Å²) >= 11 is 0. The van der Waals surface area contributed by atoms with Gasteiger partial charge in [-0.1, -0.05) is 42.5 Å². The van der Waals surface area contributed by atoms with Crippen LogP contribution in [0.15, 0.2) is 73.1 Å². The fourth-order valence-corrected chi connectivity index (χ4v) is 3.19. The third-order valence-corrected chi connectivity index (χ3v) is 4.54. The average Bonchev–Trinajstić information content (AvgIpc) is 3.09. The van der Waals surface area contributed by atoms with Crippen molar-refractivity contribution >= 4 is 28.2 Å². The van der Waals surface area contributed by atoms with Gasteiger partial charge in [0.1, 0.15) is 12.4 Å². The van der Waals surface area contributed by atoms with Gasteiger partial charge in [0.25, 0.3) is 0 Å². The highest BCUT2D eigenvalue weighted by Crippen LogP contribution is 2.30. The molecule has 0 aliphatic carbocycles. The van der Waals surface area contributed by atoms with Crippen LogP contribution in [0.1, 0.15) is 15.9 Å². The number of benzene rings is 3. The number of carbonyl (C=O) groups is 1. The molecule has 3 aromatic carbocycles. The quantitative estimate of drug-likeness (QED) is 0.519. The van der Waals surface area contributed by atoms with Gasteiger partial charge in [0.2, 0.25) is 5.88 Å². The van der Waals surface area contributed by atoms with E-state index in [2.05, 4.69) is 15.3 Å². The highest BCUT2D eigenvalue weighted by molar-refractivity contribution is 5.94. The number of anilines is 2. The number of nitrogens with zero attached hydrogens (tertiary/aromatic N) is 2. The Morgan fingerprint density at radius 2 is 1.89 bits per heavy atom. The van der Waals surface area contributed by atoms with Gasteiger partial charge >= 0.3 is 5.97 Å². The zero-order chi connectivity index (χ0) is 18.9. The molecule has 0 unspecified atom stereocenters. The van der Waals surface area contributed by atoms with E-state index in [-0.39, 0.29) is 5.97 Å². The standard InChI is InChI=1S/C22H15N3O3/c26-22-18-10-16(9-8-15(18)13-27-22)24-20-11-23-12-21(25-20)28-19-7-3-5-14-4-1-2-6-17(14)19/h1-12H,13H2,(H,24,25). The van der Waals surface area contributed by atoms with Crippen LogP contribution in [0.5, 0.6) is 11.6 Å². The first-order chi connectivity index (χ1) is 13.8. The van der Waals surface area contributed by atoms with Crippen LogP contribution in [0.2, 0.25) is 0 Å². The van der Waals surface area contributed by atoms with Gasteiger partial charge in [-0.2, -0.15) is 4.98 Å². The Bertz CT molecular complexity index is 1200. The van der Waals surface area contributed by atoms with Crippen molar-refractivity contribution in [1.82, 2.24) is 9.97 Å². The molecule has 1 N–H and O–H groups in total. The van der Waals surface area contributed by atoms with E-state index < -0.39 is 0 Å². The summed E-state index contributed by atoms with van der Waals surface area (Å²) in [6, 6.07) is 19.4. The lowest BCUT2D eigenvalue weighted by atomic mass is 10.1. The maximum absolute atomic E-state index is 11.7. The second kappa shape index (κ2) is 6.66. The number of carbonyl (C=O) groups excluding carboxylic acids is 1. The summed E-state index contributed by atoms with van der Waals surface area (Å²) in [5, 5.41) is 5.25. The highest BCUT2D eigenvalue weighted by atomic mass is 16.5. The van der Waals surface area contributed by atoms with Crippen LogP contribution in [0.3, 0.4) is 0 Å². The minimum atomic E-state index is -0.308. The highest BCUT2D eigenvalue weighted by Gasteiger charge is 2.21. The number of hydrogen-bond donors (Lipinski definition) is 1. The lowest BCUT2D eigenvalue weighted by molar-refractivity contribution is 0.0535. The molecule has 2 heterocycles. The third-order valence-electron chi connectivity index (χ3n) is 4.54. The first kappa shape index (κ1) is 16.3. The third kappa shape index (κ3) is 3.01. The van der Waals surface area contributed by atoms with Crippen LogP contribution in [0, 0.1) is 0 Å². The molecule has 6 nitrogen and oxygen atoms in total. The molecule has 0 atom stereocenters. The van der Waals surface area contributed by atoms with Crippen molar-refractivity contribution in [2.24, 2.45) is 0 Å². The summed E-state index contributed by atoms with van der Waals surface area (Å²) < 4.78 is 11.0. The number of aromatic nitrogens is 2. The van der Waals surface area contributed by atoms with Crippen molar-refractivity contribution < 1.29 is 14.3 Å². The summed E-state index contributed by atoms with van der Waals surface area (Å²) in [5.41, 5.74) is 2.19. The zero-order valence-electron chi connectivity index (χ0n) is 14.8. The Hall–Kier alpha value is -3.93. The molecular weight excluding hydrogens is 354 g/mol. The first-order valence-corrected chi connectivity index (χ1v) is 8.81. The van der Waals surface area contributed by atoms with E-state index in [9.17, 15) is 4.79 Å². The van der Waals surface area contributed by atoms with E-state index in [0.29, 0.717) is 29.6 Å². The normalized spacial score (nSPS) is 12.5. The first-order valence-electron chi connectivity index (χ1n) is 8.81. The molecule has 6 heteroatoms. The summed E-state index contributed by atoms with van der Waals surface area (Å²) in [6.07, 6.45) is 3.16. The topological polar surface area (TPSA) is 73.3 Å². The predicted octanol–water partition coefficient (Wildman–Crippen LogP) is 4.84. The van der Waals surface area contributed by atoms with Crippen LogP contribution in [-0.2, 0) is 11.3 Å². The number of fused-ring (bicyclic) bond motifs is 2. The molecule has 0 radical (unpaired) electrons. The van der Waals surface area contributed by atoms with Crippen molar-refractivity contribution in [1.29, 1.82) is 0 Å². The second-order valence-electron chi connectivity index (χ2n) is 6.39. The number of cyclic esters (lactones) is 1. The van der Waals surface area contributed by atoms with Gasteiger partial charge in [-0.15, -0.1) is 0 Å². The molecule has 0 saturated carbocycles. The SMILES string of the molecule is O=C1OCc2ccc(Nc3cncc(Oc4cccc5ccccc45)n3)cc21. The number of ether oxygens (including phenoxy) is 2. The molecular formula is C22H15N3O3. The number of nitrogens with one attached hydrogen (secondary N) is 1. The van der Waals surface area contributed by atoms with E-state index in [1.54, 1.807) is 18.5 Å². The van der Waals surface area contributed by atoms with Crippen molar-refractivity contribution in [3.8, 4) is 11.6 Å². The molecule has 4 aromatic rings. The van der Waals surface area contributed by atoms with E-state index in [0.717, 1.165) is 22.0 Å². The van der Waals surface area contributed by atoms with Gasteiger partial charge in [0, 0.05) is 16.6 Å². The summed E-state index contributed by atoms with van der Waals surface area (Å²) in [6.45, 7) is 0.322. The molecule has 0 fully saturated rings. The molecule has 136 valence electrons. The molecule has 0 amide bonds. The predicted molar refractivity (Wildman–Crippen MR) is 105 cm³/mol. The van der Waals surface area contributed by atoms with Crippen molar-refractivity contribution in [2.45, 2.75) is 6.61 Å². The fraction of sp³-hybridized carbons (Fsp3) is 0.0455. The van der Waals surface area contributed by atoms with Crippen LogP contribution >= 0.6 is 0 Å². The van der Waals surface area contributed by atoms with E-state index in [1.807, 2.05) is 54.6 Å². The Balaban J connectivity index is 1.41. The van der Waals surface area contributed by atoms with Crippen LogP contribution in [-0.4, -0.2) is 15.9 Å². The van der Waals surface area contributed by atoms with Crippen LogP contribution < -0.4 is 10.1 Å². The van der Waals surface area contributed by atoms with Crippen molar-refractivity contribution in [3.63, 3.8) is 0 Å². The molecule has 0 bridgehead atoms. The molecule has 1 aliphatic heterocycles. The number of rotatable bonds is 4. The van der Waals surface area contributed by atoms with E-state index in [1.165, 1.54) is 0 Å². The molecule has 0 spiro atoms. The molecule has 5 rings (SSSR count). The fourth-order valence-electron chi connectivity index (χ4n) is 3.19. The monoisotopic (exact) mass is 369 g/mol. The average molecular weight is 369 g/mol. The Morgan fingerprint density at radius 3 is 2.86 bits per heavy atom. The Kier molecular flexibility index (Phi) is 3.87. The van der Waals surface area contributed by atoms with Crippen molar-refractivity contribution in [3.05, 3.63) is 84.2 Å². The summed E-state index contributed by atoms with van der Waals surface area (Å²) in [4.78, 5) is 20.4. The summed E-state index contributed by atoms with van der Waals surface area (Å²) in [7, 11) is 0. The molecule has 28 heavy (non-hydrogen) atoms. The smallest absolute Gasteiger partial charge is 0.338 e. The Morgan fingerprint density at radius 1 is 1.00 bits per heavy atom. The van der Waals surface area contributed by atoms with Gasteiger partial charge in [-0.05, 0) is 23.6 Å². The minimum Gasteiger partial charge on any atom is -0.457 e. The van der Waals surface area contributed by atoms with E-state index >= 15 is 0 Å². The van der Waals surface area contributed by atoms with Crippen LogP contribution in [0.25, 0.3) is 10.8 Å². The molecule has 0 saturated heterocycles. The number of hydrogen-bond acceptors (Lipinski definition) is 6. The zero-order valence-corrected chi connectivity index (χ0v) is 14.8. The number of esters is 1. The lowest BCUT2D eigenvalue weighted by Gasteiger charge is -2.10. The second-order valence-corrected chi connectivity index (χ2v) is 6.39. The maximum Gasteiger partial charge on any atom is 0.338 e.